The number of benzene rings is 3. The maximum absolute atomic E-state index is 15.9. The average molecular weight is 614 g/mol. The lowest BCUT2D eigenvalue weighted by molar-refractivity contribution is -0.127. The molecule has 0 radical (unpaired) electrons. The molecule has 218 valence electrons. The summed E-state index contributed by atoms with van der Waals surface area (Å²) < 4.78 is 31.0. The first kappa shape index (κ1) is 28.6. The van der Waals surface area contributed by atoms with Crippen LogP contribution in [-0.4, -0.2) is 47.4 Å². The van der Waals surface area contributed by atoms with E-state index in [0.717, 1.165) is 12.8 Å². The van der Waals surface area contributed by atoms with E-state index in [4.69, 9.17) is 23.2 Å². The Morgan fingerprint density at radius 1 is 1.10 bits per heavy atom. The first-order chi connectivity index (χ1) is 20.1. The molecular weight excluding hydrogens is 587 g/mol. The second-order valence-corrected chi connectivity index (χ2v) is 11.9. The molecule has 3 aliphatic rings. The van der Waals surface area contributed by atoms with Crippen molar-refractivity contribution in [1.29, 1.82) is 0 Å². The molecule has 42 heavy (non-hydrogen) atoms. The molecule has 1 spiro atoms. The van der Waals surface area contributed by atoms with Crippen LogP contribution in [0.4, 0.5) is 20.2 Å². The summed E-state index contributed by atoms with van der Waals surface area (Å²) in [7, 11) is 0. The minimum absolute atomic E-state index is 0.0662. The van der Waals surface area contributed by atoms with Gasteiger partial charge in [-0.3, -0.25) is 14.5 Å². The van der Waals surface area contributed by atoms with Gasteiger partial charge >= 0.3 is 5.97 Å². The molecule has 1 saturated heterocycles. The first-order valence-corrected chi connectivity index (χ1v) is 14.5. The smallest absolute Gasteiger partial charge is 0.335 e. The van der Waals surface area contributed by atoms with E-state index in [1.807, 2.05) is 4.90 Å². The van der Waals surface area contributed by atoms with Gasteiger partial charge in [0.25, 0.3) is 0 Å². The number of amides is 2. The van der Waals surface area contributed by atoms with Crippen LogP contribution in [0.25, 0.3) is 0 Å². The molecule has 2 heterocycles. The number of hydrogen-bond acceptors (Lipinski definition) is 4. The number of likely N-dealkylation sites (tertiary alicyclic amines) is 1. The lowest BCUT2D eigenvalue weighted by Gasteiger charge is -2.38. The molecule has 3 aromatic rings. The molecule has 11 heteroatoms. The molecule has 0 aromatic heterocycles. The second-order valence-electron chi connectivity index (χ2n) is 11.0. The fourth-order valence-corrected chi connectivity index (χ4v) is 6.95. The fraction of sp³-hybridized carbons (Fsp3) is 0.323. The van der Waals surface area contributed by atoms with Crippen molar-refractivity contribution >= 4 is 52.4 Å². The number of halogens is 4. The van der Waals surface area contributed by atoms with Crippen molar-refractivity contribution in [2.45, 2.75) is 31.2 Å². The predicted octanol–water partition coefficient (Wildman–Crippen LogP) is 6.30. The Kier molecular flexibility index (Phi) is 7.23. The molecule has 2 amide bonds. The number of carbonyl (C=O) groups excluding carboxylic acids is 2. The lowest BCUT2D eigenvalue weighted by atomic mass is 9.71. The van der Waals surface area contributed by atoms with Crippen LogP contribution in [0.3, 0.4) is 0 Å². The van der Waals surface area contributed by atoms with Crippen molar-refractivity contribution in [3.63, 3.8) is 0 Å². The van der Waals surface area contributed by atoms with Crippen LogP contribution >= 0.6 is 23.2 Å². The molecular formula is C31H27Cl2F2N3O4. The number of hydrogen-bond donors (Lipinski definition) is 2. The molecule has 2 fully saturated rings. The summed E-state index contributed by atoms with van der Waals surface area (Å²) in [6.45, 7) is 2.57. The molecule has 1 saturated carbocycles. The number of carboxylic acid groups (broad SMARTS) is 1. The zero-order valence-corrected chi connectivity index (χ0v) is 24.1. The molecule has 3 aromatic carbocycles. The SMILES string of the molecule is CCN(C(=O)[C@@H]1CN(CC2CC2)[C@@]2(C(=O)Nc3cc(Cl)c(F)cc32)C1c1cccc(Cl)c1F)c1ccc(C(=O)O)cc1. The van der Waals surface area contributed by atoms with Gasteiger partial charge in [-0.25, -0.2) is 13.6 Å². The average Bonchev–Trinajstić information content (AvgIpc) is 3.66. The van der Waals surface area contributed by atoms with Crippen LogP contribution < -0.4 is 10.2 Å². The van der Waals surface area contributed by atoms with E-state index < -0.39 is 40.9 Å². The van der Waals surface area contributed by atoms with Gasteiger partial charge in [-0.1, -0.05) is 35.3 Å². The maximum Gasteiger partial charge on any atom is 0.335 e. The highest BCUT2D eigenvalue weighted by Crippen LogP contribution is 2.59. The Labute approximate surface area is 251 Å². The Balaban J connectivity index is 1.55. The van der Waals surface area contributed by atoms with E-state index in [-0.39, 0.29) is 46.1 Å². The van der Waals surface area contributed by atoms with Gasteiger partial charge in [-0.05, 0) is 73.7 Å². The Morgan fingerprint density at radius 3 is 2.45 bits per heavy atom. The van der Waals surface area contributed by atoms with Gasteiger partial charge in [0, 0.05) is 42.5 Å². The number of nitrogens with zero attached hydrogens (tertiary/aromatic N) is 2. The zero-order chi connectivity index (χ0) is 29.9. The highest BCUT2D eigenvalue weighted by atomic mass is 35.5. The number of fused-ring (bicyclic) bond motifs is 2. The van der Waals surface area contributed by atoms with E-state index >= 15 is 8.78 Å². The monoisotopic (exact) mass is 613 g/mol. The van der Waals surface area contributed by atoms with Gasteiger partial charge in [-0.2, -0.15) is 0 Å². The topological polar surface area (TPSA) is 90.0 Å². The quantitative estimate of drug-likeness (QED) is 0.326. The van der Waals surface area contributed by atoms with Crippen LogP contribution in [-0.2, 0) is 15.1 Å². The number of anilines is 2. The second kappa shape index (κ2) is 10.6. The van der Waals surface area contributed by atoms with Crippen LogP contribution in [0.2, 0.25) is 10.0 Å². The van der Waals surface area contributed by atoms with Crippen molar-refractivity contribution in [3.8, 4) is 0 Å². The van der Waals surface area contributed by atoms with E-state index in [0.29, 0.717) is 23.5 Å². The van der Waals surface area contributed by atoms with Gasteiger partial charge in [0.05, 0.1) is 21.5 Å². The third kappa shape index (κ3) is 4.46. The molecule has 1 unspecified atom stereocenters. The van der Waals surface area contributed by atoms with Gasteiger partial charge in [0.15, 0.2) is 0 Å². The molecule has 2 N–H and O–H groups in total. The number of nitrogens with one attached hydrogen (secondary N) is 1. The van der Waals surface area contributed by atoms with Crippen LogP contribution in [0.15, 0.2) is 54.6 Å². The van der Waals surface area contributed by atoms with Crippen LogP contribution in [0.1, 0.15) is 47.2 Å². The van der Waals surface area contributed by atoms with Gasteiger partial charge in [0.1, 0.15) is 17.2 Å². The standard InChI is InChI=1S/C31H27Cl2F2N3O4/c1-2-38(18-10-8-17(9-11-18)29(40)41)28(39)20-15-37(14-16-6-7-16)31(26(20)19-4-3-5-22(32)27(19)35)21-12-24(34)23(33)13-25(21)36-30(31)42/h3-5,8-13,16,20,26H,2,6-7,14-15H2,1H3,(H,36,42)(H,40,41)/t20-,26?,31-/m1/s1. The molecule has 6 rings (SSSR count). The summed E-state index contributed by atoms with van der Waals surface area (Å²) in [6.07, 6.45) is 1.89. The number of rotatable bonds is 7. The minimum Gasteiger partial charge on any atom is -0.478 e. The first-order valence-electron chi connectivity index (χ1n) is 13.7. The van der Waals surface area contributed by atoms with Crippen LogP contribution in [0.5, 0.6) is 0 Å². The third-order valence-corrected chi connectivity index (χ3v) is 9.23. The Bertz CT molecular complexity index is 1610. The third-order valence-electron chi connectivity index (χ3n) is 8.65. The van der Waals surface area contributed by atoms with E-state index in [9.17, 15) is 19.5 Å². The van der Waals surface area contributed by atoms with E-state index in [1.54, 1.807) is 25.1 Å². The summed E-state index contributed by atoms with van der Waals surface area (Å²) in [5, 5.41) is 11.8. The van der Waals surface area contributed by atoms with Crippen molar-refractivity contribution in [1.82, 2.24) is 4.90 Å². The number of carbonyl (C=O) groups is 3. The summed E-state index contributed by atoms with van der Waals surface area (Å²) in [5.74, 6) is -5.18. The minimum atomic E-state index is -1.61. The summed E-state index contributed by atoms with van der Waals surface area (Å²) in [4.78, 5) is 43.5. The fourth-order valence-electron chi connectivity index (χ4n) is 6.61. The van der Waals surface area contributed by atoms with E-state index in [2.05, 4.69) is 5.32 Å². The maximum atomic E-state index is 15.9. The molecule has 1 aliphatic carbocycles. The zero-order valence-electron chi connectivity index (χ0n) is 22.5. The normalized spacial score (nSPS) is 23.2. The molecule has 0 bridgehead atoms. The lowest BCUT2D eigenvalue weighted by Crippen LogP contribution is -2.51. The largest absolute Gasteiger partial charge is 0.478 e. The molecule has 7 nitrogen and oxygen atoms in total. The van der Waals surface area contributed by atoms with Crippen LogP contribution in [0, 0.1) is 23.5 Å². The van der Waals surface area contributed by atoms with E-state index in [1.165, 1.54) is 41.3 Å². The highest BCUT2D eigenvalue weighted by Gasteiger charge is 2.66. The molecule has 2 aliphatic heterocycles. The van der Waals surface area contributed by atoms with Crippen molar-refractivity contribution in [2.75, 3.05) is 29.9 Å². The van der Waals surface area contributed by atoms with Crippen molar-refractivity contribution < 1.29 is 28.3 Å². The summed E-state index contributed by atoms with van der Waals surface area (Å²) >= 11 is 12.3. The molecule has 3 atom stereocenters. The summed E-state index contributed by atoms with van der Waals surface area (Å²) in [5.41, 5.74) is -0.400. The van der Waals surface area contributed by atoms with Gasteiger partial charge in [-0.15, -0.1) is 0 Å². The number of aromatic carboxylic acids is 1. The highest BCUT2D eigenvalue weighted by molar-refractivity contribution is 6.31. The van der Waals surface area contributed by atoms with Gasteiger partial charge in [0.2, 0.25) is 11.8 Å². The number of carboxylic acids is 1. The Morgan fingerprint density at radius 2 is 1.81 bits per heavy atom. The van der Waals surface area contributed by atoms with Gasteiger partial charge < -0.3 is 15.3 Å². The predicted molar refractivity (Wildman–Crippen MR) is 155 cm³/mol. The Hall–Kier alpha value is -3.53. The summed E-state index contributed by atoms with van der Waals surface area (Å²) in [6, 6.07) is 12.9. The van der Waals surface area contributed by atoms with Crippen molar-refractivity contribution in [3.05, 3.63) is 93.0 Å². The van der Waals surface area contributed by atoms with Crippen molar-refractivity contribution in [2.24, 2.45) is 11.8 Å².